The van der Waals surface area contributed by atoms with Crippen LogP contribution < -0.4 is 5.73 Å². The van der Waals surface area contributed by atoms with E-state index in [0.29, 0.717) is 12.1 Å². The van der Waals surface area contributed by atoms with Crippen LogP contribution in [0.25, 0.3) is 0 Å². The Bertz CT molecular complexity index is 333. The van der Waals surface area contributed by atoms with Gasteiger partial charge in [0, 0.05) is 13.7 Å². The minimum atomic E-state index is -0.464. The standard InChI is InChI=1S/C11H14N2O/c1-11(8-13,14-2)10-5-3-9(7-12)4-6-10/h3-6H,8,13H2,1-2H3. The first kappa shape index (κ1) is 10.7. The predicted molar refractivity (Wildman–Crippen MR) is 54.6 cm³/mol. The molecule has 0 heterocycles. The lowest BCUT2D eigenvalue weighted by atomic mass is 9.95. The van der Waals surface area contributed by atoms with E-state index in [4.69, 9.17) is 15.7 Å². The van der Waals surface area contributed by atoms with E-state index in [9.17, 15) is 0 Å². The monoisotopic (exact) mass is 190 g/mol. The normalized spacial score (nSPS) is 14.4. The molecule has 0 spiro atoms. The van der Waals surface area contributed by atoms with Gasteiger partial charge in [0.05, 0.1) is 11.6 Å². The van der Waals surface area contributed by atoms with Crippen molar-refractivity contribution in [1.82, 2.24) is 0 Å². The average molecular weight is 190 g/mol. The van der Waals surface area contributed by atoms with Crippen molar-refractivity contribution in [2.45, 2.75) is 12.5 Å². The third-order valence-electron chi connectivity index (χ3n) is 2.46. The second-order valence-electron chi connectivity index (χ2n) is 3.33. The van der Waals surface area contributed by atoms with Gasteiger partial charge < -0.3 is 10.5 Å². The van der Waals surface area contributed by atoms with Crippen LogP contribution in [0.4, 0.5) is 0 Å². The molecule has 2 N–H and O–H groups in total. The summed E-state index contributed by atoms with van der Waals surface area (Å²) in [6.07, 6.45) is 0. The Labute approximate surface area is 84.1 Å². The predicted octanol–water partition coefficient (Wildman–Crippen LogP) is 1.38. The van der Waals surface area contributed by atoms with E-state index in [-0.39, 0.29) is 0 Å². The van der Waals surface area contributed by atoms with E-state index < -0.39 is 5.60 Å². The number of nitrogens with zero attached hydrogens (tertiary/aromatic N) is 1. The van der Waals surface area contributed by atoms with Crippen LogP contribution >= 0.6 is 0 Å². The fourth-order valence-corrected chi connectivity index (χ4v) is 1.22. The molecule has 1 aromatic rings. The van der Waals surface area contributed by atoms with Gasteiger partial charge in [0.25, 0.3) is 0 Å². The zero-order valence-corrected chi connectivity index (χ0v) is 8.45. The molecule has 3 heteroatoms. The van der Waals surface area contributed by atoms with Gasteiger partial charge >= 0.3 is 0 Å². The van der Waals surface area contributed by atoms with Crippen molar-refractivity contribution >= 4 is 0 Å². The van der Waals surface area contributed by atoms with Crippen molar-refractivity contribution in [1.29, 1.82) is 5.26 Å². The number of hydrogen-bond acceptors (Lipinski definition) is 3. The smallest absolute Gasteiger partial charge is 0.102 e. The molecule has 1 aromatic carbocycles. The summed E-state index contributed by atoms with van der Waals surface area (Å²) in [5.74, 6) is 0. The van der Waals surface area contributed by atoms with Crippen LogP contribution in [0.15, 0.2) is 24.3 Å². The van der Waals surface area contributed by atoms with E-state index in [0.717, 1.165) is 5.56 Å². The average Bonchev–Trinajstić information content (AvgIpc) is 2.28. The van der Waals surface area contributed by atoms with E-state index in [1.165, 1.54) is 0 Å². The molecule has 0 aliphatic carbocycles. The minimum absolute atomic E-state index is 0.412. The molecule has 0 radical (unpaired) electrons. The second-order valence-corrected chi connectivity index (χ2v) is 3.33. The molecule has 1 rings (SSSR count). The molecule has 0 aromatic heterocycles. The molecule has 0 amide bonds. The molecule has 0 saturated heterocycles. The molecule has 3 nitrogen and oxygen atoms in total. The number of ether oxygens (including phenoxy) is 1. The largest absolute Gasteiger partial charge is 0.372 e. The van der Waals surface area contributed by atoms with Gasteiger partial charge in [0.2, 0.25) is 0 Å². The van der Waals surface area contributed by atoms with Crippen molar-refractivity contribution < 1.29 is 4.74 Å². The third-order valence-corrected chi connectivity index (χ3v) is 2.46. The molecule has 0 fully saturated rings. The molecular formula is C11H14N2O. The SMILES string of the molecule is COC(C)(CN)c1ccc(C#N)cc1. The lowest BCUT2D eigenvalue weighted by molar-refractivity contribution is 0.0101. The number of hydrogen-bond donors (Lipinski definition) is 1. The molecule has 74 valence electrons. The maximum atomic E-state index is 8.64. The highest BCUT2D eigenvalue weighted by molar-refractivity contribution is 5.34. The zero-order valence-electron chi connectivity index (χ0n) is 8.45. The van der Waals surface area contributed by atoms with E-state index >= 15 is 0 Å². The van der Waals surface area contributed by atoms with Crippen molar-refractivity contribution in [3.63, 3.8) is 0 Å². The van der Waals surface area contributed by atoms with Crippen LogP contribution in [-0.4, -0.2) is 13.7 Å². The summed E-state index contributed by atoms with van der Waals surface area (Å²) in [4.78, 5) is 0. The first-order valence-electron chi connectivity index (χ1n) is 4.42. The van der Waals surface area contributed by atoms with Gasteiger partial charge in [-0.15, -0.1) is 0 Å². The summed E-state index contributed by atoms with van der Waals surface area (Å²) in [6.45, 7) is 2.34. The quantitative estimate of drug-likeness (QED) is 0.783. The van der Waals surface area contributed by atoms with E-state index in [2.05, 4.69) is 6.07 Å². The van der Waals surface area contributed by atoms with Crippen LogP contribution in [0, 0.1) is 11.3 Å². The Hall–Kier alpha value is -1.37. The van der Waals surface area contributed by atoms with Gasteiger partial charge in [0.1, 0.15) is 5.60 Å². The first-order valence-corrected chi connectivity index (χ1v) is 4.42. The van der Waals surface area contributed by atoms with Crippen LogP contribution in [0.1, 0.15) is 18.1 Å². The van der Waals surface area contributed by atoms with E-state index in [1.54, 1.807) is 19.2 Å². The number of nitriles is 1. The van der Waals surface area contributed by atoms with Crippen LogP contribution in [0.2, 0.25) is 0 Å². The van der Waals surface area contributed by atoms with Gasteiger partial charge in [-0.05, 0) is 24.6 Å². The highest BCUT2D eigenvalue weighted by Gasteiger charge is 2.23. The van der Waals surface area contributed by atoms with Crippen LogP contribution in [0.3, 0.4) is 0 Å². The Morgan fingerprint density at radius 2 is 2.00 bits per heavy atom. The van der Waals surface area contributed by atoms with Crippen LogP contribution in [-0.2, 0) is 10.3 Å². The first-order chi connectivity index (χ1) is 6.66. The summed E-state index contributed by atoms with van der Waals surface area (Å²) >= 11 is 0. The minimum Gasteiger partial charge on any atom is -0.372 e. The zero-order chi connectivity index (χ0) is 10.6. The lowest BCUT2D eigenvalue weighted by Crippen LogP contribution is -2.33. The Balaban J connectivity index is 3.02. The van der Waals surface area contributed by atoms with Gasteiger partial charge in [-0.1, -0.05) is 12.1 Å². The Kier molecular flexibility index (Phi) is 3.23. The van der Waals surface area contributed by atoms with Crippen molar-refractivity contribution in [3.8, 4) is 6.07 Å². The highest BCUT2D eigenvalue weighted by atomic mass is 16.5. The maximum Gasteiger partial charge on any atom is 0.102 e. The number of methoxy groups -OCH3 is 1. The number of benzene rings is 1. The summed E-state index contributed by atoms with van der Waals surface area (Å²) in [5.41, 5.74) is 6.80. The Morgan fingerprint density at radius 1 is 1.43 bits per heavy atom. The van der Waals surface area contributed by atoms with Gasteiger partial charge in [-0.3, -0.25) is 0 Å². The summed E-state index contributed by atoms with van der Waals surface area (Å²) in [7, 11) is 1.63. The molecule has 1 atom stereocenters. The topological polar surface area (TPSA) is 59.0 Å². The van der Waals surface area contributed by atoms with Gasteiger partial charge in [-0.25, -0.2) is 0 Å². The number of rotatable bonds is 3. The summed E-state index contributed by atoms with van der Waals surface area (Å²) in [5, 5.41) is 8.64. The van der Waals surface area contributed by atoms with Crippen LogP contribution in [0.5, 0.6) is 0 Å². The Morgan fingerprint density at radius 3 is 2.36 bits per heavy atom. The fraction of sp³-hybridized carbons (Fsp3) is 0.364. The van der Waals surface area contributed by atoms with Gasteiger partial charge in [0.15, 0.2) is 0 Å². The number of nitrogens with two attached hydrogens (primary N) is 1. The highest BCUT2D eigenvalue weighted by Crippen LogP contribution is 2.23. The maximum absolute atomic E-state index is 8.64. The molecule has 0 saturated carbocycles. The van der Waals surface area contributed by atoms with Gasteiger partial charge in [-0.2, -0.15) is 5.26 Å². The van der Waals surface area contributed by atoms with Crippen molar-refractivity contribution in [3.05, 3.63) is 35.4 Å². The van der Waals surface area contributed by atoms with E-state index in [1.807, 2.05) is 19.1 Å². The second kappa shape index (κ2) is 4.23. The molecular weight excluding hydrogens is 176 g/mol. The molecule has 0 bridgehead atoms. The molecule has 0 aliphatic heterocycles. The van der Waals surface area contributed by atoms with Crippen molar-refractivity contribution in [2.24, 2.45) is 5.73 Å². The molecule has 0 aliphatic rings. The summed E-state index contributed by atoms with van der Waals surface area (Å²) < 4.78 is 5.34. The fourth-order valence-electron chi connectivity index (χ4n) is 1.22. The lowest BCUT2D eigenvalue weighted by Gasteiger charge is -2.26. The summed E-state index contributed by atoms with van der Waals surface area (Å²) in [6, 6.07) is 9.34. The van der Waals surface area contributed by atoms with Crippen molar-refractivity contribution in [2.75, 3.05) is 13.7 Å². The molecule has 14 heavy (non-hydrogen) atoms. The third kappa shape index (κ3) is 1.92. The molecule has 1 unspecified atom stereocenters.